The SMILES string of the molecule is C[C@@H](O)C(=O)N1CC(Oc2ccc(-c3ccnc(Nc4ccc(N5CCN(C6COC6)CC5)cc4)n3)cc2C#N)C1. The van der Waals surface area contributed by atoms with Crippen molar-refractivity contribution in [2.24, 2.45) is 0 Å². The van der Waals surface area contributed by atoms with Crippen LogP contribution < -0.4 is 15.0 Å². The van der Waals surface area contributed by atoms with Gasteiger partial charge in [-0.3, -0.25) is 9.69 Å². The molecule has 11 heteroatoms. The second-order valence-electron chi connectivity index (χ2n) is 10.6. The Kier molecular flexibility index (Phi) is 7.69. The van der Waals surface area contributed by atoms with Crippen molar-refractivity contribution >= 4 is 23.2 Å². The van der Waals surface area contributed by atoms with Gasteiger partial charge in [0, 0.05) is 49.3 Å². The van der Waals surface area contributed by atoms with E-state index in [1.54, 1.807) is 24.4 Å². The Balaban J connectivity index is 1.07. The molecule has 3 saturated heterocycles. The van der Waals surface area contributed by atoms with Crippen LogP contribution in [0.2, 0.25) is 0 Å². The molecule has 3 aliphatic heterocycles. The van der Waals surface area contributed by atoms with Gasteiger partial charge in [-0.1, -0.05) is 0 Å². The van der Waals surface area contributed by atoms with Crippen molar-refractivity contribution in [3.05, 3.63) is 60.3 Å². The summed E-state index contributed by atoms with van der Waals surface area (Å²) in [5, 5.41) is 22.5. The van der Waals surface area contributed by atoms with Crippen molar-refractivity contribution < 1.29 is 19.4 Å². The summed E-state index contributed by atoms with van der Waals surface area (Å²) in [5.74, 6) is 0.595. The Bertz CT molecular complexity index is 1420. The topological polar surface area (TPSA) is 127 Å². The zero-order valence-corrected chi connectivity index (χ0v) is 22.9. The molecule has 2 N–H and O–H groups in total. The molecule has 212 valence electrons. The number of rotatable bonds is 8. The van der Waals surface area contributed by atoms with Crippen LogP contribution in [-0.4, -0.2) is 102 Å². The number of carbonyl (C=O) groups is 1. The van der Waals surface area contributed by atoms with Crippen LogP contribution >= 0.6 is 0 Å². The molecule has 3 aliphatic rings. The lowest BCUT2D eigenvalue weighted by atomic mass is 10.1. The van der Waals surface area contributed by atoms with Gasteiger partial charge in [-0.05, 0) is 55.5 Å². The zero-order chi connectivity index (χ0) is 28.3. The summed E-state index contributed by atoms with van der Waals surface area (Å²) in [5.41, 5.74) is 3.91. The molecule has 1 atom stereocenters. The van der Waals surface area contributed by atoms with Gasteiger partial charge < -0.3 is 29.7 Å². The molecule has 6 rings (SSSR count). The van der Waals surface area contributed by atoms with Crippen molar-refractivity contribution in [1.82, 2.24) is 19.8 Å². The summed E-state index contributed by atoms with van der Waals surface area (Å²) in [7, 11) is 0. The van der Waals surface area contributed by atoms with Crippen LogP contribution in [0.25, 0.3) is 11.3 Å². The first-order valence-electron chi connectivity index (χ1n) is 13.9. The van der Waals surface area contributed by atoms with Crippen molar-refractivity contribution in [2.45, 2.75) is 25.2 Å². The van der Waals surface area contributed by atoms with Crippen molar-refractivity contribution in [2.75, 3.05) is 62.7 Å². The molecule has 2 aromatic carbocycles. The average molecular weight is 556 g/mol. The molecule has 4 heterocycles. The highest BCUT2D eigenvalue weighted by molar-refractivity contribution is 5.81. The Hall–Kier alpha value is -4.24. The number of ether oxygens (including phenoxy) is 2. The van der Waals surface area contributed by atoms with Gasteiger partial charge in [-0.25, -0.2) is 9.97 Å². The summed E-state index contributed by atoms with van der Waals surface area (Å²) in [6.07, 6.45) is 0.434. The van der Waals surface area contributed by atoms with E-state index >= 15 is 0 Å². The highest BCUT2D eigenvalue weighted by Gasteiger charge is 2.34. The second-order valence-corrected chi connectivity index (χ2v) is 10.6. The van der Waals surface area contributed by atoms with E-state index in [2.05, 4.69) is 43.3 Å². The summed E-state index contributed by atoms with van der Waals surface area (Å²) in [4.78, 5) is 27.4. The largest absolute Gasteiger partial charge is 0.485 e. The van der Waals surface area contributed by atoms with Gasteiger partial charge in [0.25, 0.3) is 5.91 Å². The highest BCUT2D eigenvalue weighted by Crippen LogP contribution is 2.29. The van der Waals surface area contributed by atoms with Gasteiger partial charge >= 0.3 is 0 Å². The molecule has 1 aromatic heterocycles. The van der Waals surface area contributed by atoms with Gasteiger partial charge in [-0.2, -0.15) is 5.26 Å². The Labute approximate surface area is 238 Å². The Morgan fingerprint density at radius 2 is 1.88 bits per heavy atom. The predicted octanol–water partition coefficient (Wildman–Crippen LogP) is 2.25. The minimum Gasteiger partial charge on any atom is -0.485 e. The lowest BCUT2D eigenvalue weighted by Gasteiger charge is -2.43. The lowest BCUT2D eigenvalue weighted by molar-refractivity contribution is -0.148. The molecule has 3 fully saturated rings. The number of hydrogen-bond donors (Lipinski definition) is 2. The van der Waals surface area contributed by atoms with E-state index in [9.17, 15) is 15.2 Å². The number of nitriles is 1. The van der Waals surface area contributed by atoms with Crippen LogP contribution in [-0.2, 0) is 9.53 Å². The molecule has 0 unspecified atom stereocenters. The summed E-state index contributed by atoms with van der Waals surface area (Å²) in [6, 6.07) is 18.2. The monoisotopic (exact) mass is 555 g/mol. The molecule has 0 aliphatic carbocycles. The quantitative estimate of drug-likeness (QED) is 0.427. The number of amides is 1. The van der Waals surface area contributed by atoms with E-state index in [1.807, 2.05) is 18.2 Å². The maximum Gasteiger partial charge on any atom is 0.251 e. The van der Waals surface area contributed by atoms with Crippen LogP contribution in [0.3, 0.4) is 0 Å². The molecule has 0 radical (unpaired) electrons. The summed E-state index contributed by atoms with van der Waals surface area (Å²) in [6.45, 7) is 8.05. The molecule has 11 nitrogen and oxygen atoms in total. The first-order valence-corrected chi connectivity index (χ1v) is 13.9. The third-order valence-corrected chi connectivity index (χ3v) is 7.80. The van der Waals surface area contributed by atoms with Crippen molar-refractivity contribution in [3.63, 3.8) is 0 Å². The Morgan fingerprint density at radius 1 is 1.12 bits per heavy atom. The predicted molar refractivity (Wildman–Crippen MR) is 153 cm³/mol. The second kappa shape index (κ2) is 11.7. The third-order valence-electron chi connectivity index (χ3n) is 7.80. The molecule has 3 aromatic rings. The fourth-order valence-electron chi connectivity index (χ4n) is 5.26. The molecule has 1 amide bonds. The maximum atomic E-state index is 11.9. The Morgan fingerprint density at radius 3 is 2.54 bits per heavy atom. The molecular formula is C30H33N7O4. The molecule has 0 bridgehead atoms. The fraction of sp³-hybridized carbons (Fsp3) is 0.400. The molecular weight excluding hydrogens is 522 g/mol. The summed E-state index contributed by atoms with van der Waals surface area (Å²) >= 11 is 0. The smallest absolute Gasteiger partial charge is 0.251 e. The van der Waals surface area contributed by atoms with Gasteiger partial charge in [0.15, 0.2) is 0 Å². The number of anilines is 3. The number of benzene rings is 2. The van der Waals surface area contributed by atoms with Gasteiger partial charge in [0.1, 0.15) is 24.0 Å². The number of nitrogens with one attached hydrogen (secondary N) is 1. The van der Waals surface area contributed by atoms with E-state index in [-0.39, 0.29) is 12.0 Å². The normalized spacial score (nSPS) is 18.7. The fourth-order valence-corrected chi connectivity index (χ4v) is 5.26. The number of aliphatic hydroxyl groups excluding tert-OH is 1. The van der Waals surface area contributed by atoms with Gasteiger partial charge in [0.05, 0.1) is 43.6 Å². The molecule has 0 saturated carbocycles. The number of nitrogens with zero attached hydrogens (tertiary/aromatic N) is 6. The number of aromatic nitrogens is 2. The highest BCUT2D eigenvalue weighted by atomic mass is 16.5. The minimum atomic E-state index is -1.03. The van der Waals surface area contributed by atoms with Crippen LogP contribution in [0.4, 0.5) is 17.3 Å². The summed E-state index contributed by atoms with van der Waals surface area (Å²) < 4.78 is 11.3. The van der Waals surface area contributed by atoms with Crippen molar-refractivity contribution in [1.29, 1.82) is 5.26 Å². The van der Waals surface area contributed by atoms with Crippen LogP contribution in [0.1, 0.15) is 12.5 Å². The van der Waals surface area contributed by atoms with Gasteiger partial charge in [-0.15, -0.1) is 0 Å². The lowest BCUT2D eigenvalue weighted by Crippen LogP contribution is -2.58. The van der Waals surface area contributed by atoms with Crippen LogP contribution in [0.15, 0.2) is 54.7 Å². The van der Waals surface area contributed by atoms with Crippen LogP contribution in [0.5, 0.6) is 5.75 Å². The van der Waals surface area contributed by atoms with Gasteiger partial charge in [0.2, 0.25) is 5.95 Å². The standard InChI is InChI=1S/C30H33N7O4/c1-20(38)29(39)37-16-26(17-37)41-28-7-2-21(14-22(28)15-31)27-8-9-32-30(34-27)33-23-3-5-24(6-4-23)35-10-12-36(13-11-35)25-18-40-19-25/h2-9,14,20,25-26,38H,10-13,16-19H2,1H3,(H,32,33,34)/t20-/m1/s1. The number of hydrogen-bond acceptors (Lipinski definition) is 10. The number of piperazine rings is 1. The number of likely N-dealkylation sites (tertiary alicyclic amines) is 1. The first kappa shape index (κ1) is 27.0. The van der Waals surface area contributed by atoms with E-state index in [0.29, 0.717) is 42.1 Å². The minimum absolute atomic E-state index is 0.219. The maximum absolute atomic E-state index is 11.9. The van der Waals surface area contributed by atoms with Crippen molar-refractivity contribution in [3.8, 4) is 23.1 Å². The van der Waals surface area contributed by atoms with E-state index in [1.165, 1.54) is 17.5 Å². The van der Waals surface area contributed by atoms with E-state index < -0.39 is 6.10 Å². The molecule has 41 heavy (non-hydrogen) atoms. The third kappa shape index (κ3) is 5.95. The van der Waals surface area contributed by atoms with E-state index in [4.69, 9.17) is 9.47 Å². The van der Waals surface area contributed by atoms with Crippen LogP contribution in [0, 0.1) is 11.3 Å². The molecule has 0 spiro atoms. The zero-order valence-electron chi connectivity index (χ0n) is 22.9. The number of carbonyl (C=O) groups excluding carboxylic acids is 1. The average Bonchev–Trinajstić information content (AvgIpc) is 2.94. The van der Waals surface area contributed by atoms with E-state index in [0.717, 1.165) is 50.6 Å². The number of aliphatic hydroxyl groups is 1. The first-order chi connectivity index (χ1) is 20.0.